The fourth-order valence-corrected chi connectivity index (χ4v) is 3.91. The van der Waals surface area contributed by atoms with Gasteiger partial charge in [-0.15, -0.1) is 0 Å². The van der Waals surface area contributed by atoms with E-state index in [1.165, 1.54) is 12.3 Å². The van der Waals surface area contributed by atoms with E-state index >= 15 is 0 Å². The third kappa shape index (κ3) is 5.80. The zero-order valence-corrected chi connectivity index (χ0v) is 19.8. The molecular formula is C19H19Br3N2O3. The topological polar surface area (TPSA) is 70.9 Å². The quantitative estimate of drug-likeness (QED) is 0.353. The Morgan fingerprint density at radius 1 is 1.30 bits per heavy atom. The van der Waals surface area contributed by atoms with Crippen LogP contribution in [0.5, 0.6) is 11.5 Å². The summed E-state index contributed by atoms with van der Waals surface area (Å²) in [6.07, 6.45) is 1.37. The number of phenols is 1. The minimum atomic E-state index is -0.400. The molecule has 0 aliphatic rings. The van der Waals surface area contributed by atoms with Crippen LogP contribution >= 0.6 is 47.8 Å². The van der Waals surface area contributed by atoms with Crippen molar-refractivity contribution in [3.63, 3.8) is 0 Å². The molecule has 0 aromatic heterocycles. The average molecular weight is 563 g/mol. The van der Waals surface area contributed by atoms with Crippen LogP contribution in [-0.2, 0) is 4.79 Å². The fraction of sp³-hybridized carbons (Fsp3) is 0.263. The Morgan fingerprint density at radius 3 is 2.67 bits per heavy atom. The highest BCUT2D eigenvalue weighted by atomic mass is 79.9. The minimum Gasteiger partial charge on any atom is -0.507 e. The van der Waals surface area contributed by atoms with E-state index in [1.807, 2.05) is 13.0 Å². The lowest BCUT2D eigenvalue weighted by molar-refractivity contribution is -0.123. The second-order valence-electron chi connectivity index (χ2n) is 6.16. The molecule has 0 aliphatic carbocycles. The van der Waals surface area contributed by atoms with Gasteiger partial charge in [0.2, 0.25) is 0 Å². The molecule has 0 heterocycles. The first-order chi connectivity index (χ1) is 12.7. The molecule has 144 valence electrons. The molecule has 0 radical (unpaired) electrons. The van der Waals surface area contributed by atoms with E-state index in [9.17, 15) is 9.90 Å². The zero-order valence-electron chi connectivity index (χ0n) is 15.0. The Balaban J connectivity index is 2.05. The predicted molar refractivity (Wildman–Crippen MR) is 118 cm³/mol. The summed E-state index contributed by atoms with van der Waals surface area (Å²) in [5.41, 5.74) is 4.88. The summed E-state index contributed by atoms with van der Waals surface area (Å²) in [5.74, 6) is 0.550. The van der Waals surface area contributed by atoms with Crippen molar-refractivity contribution in [1.82, 2.24) is 5.43 Å². The molecule has 0 bridgehead atoms. The summed E-state index contributed by atoms with van der Waals surface area (Å²) < 4.78 is 8.36. The Bertz CT molecular complexity index is 883. The van der Waals surface area contributed by atoms with Gasteiger partial charge in [0.05, 0.1) is 10.7 Å². The summed E-state index contributed by atoms with van der Waals surface area (Å²) in [6.45, 7) is 5.90. The van der Waals surface area contributed by atoms with E-state index < -0.39 is 5.91 Å². The van der Waals surface area contributed by atoms with Crippen LogP contribution in [0.15, 0.2) is 42.8 Å². The maximum absolute atomic E-state index is 12.1. The molecule has 5 nitrogen and oxygen atoms in total. The summed E-state index contributed by atoms with van der Waals surface area (Å²) in [7, 11) is 0. The van der Waals surface area contributed by atoms with Gasteiger partial charge in [0.15, 0.2) is 6.61 Å². The molecule has 1 amide bonds. The molecule has 0 fully saturated rings. The van der Waals surface area contributed by atoms with Crippen molar-refractivity contribution < 1.29 is 14.6 Å². The number of carbonyl (C=O) groups excluding carboxylic acids is 1. The zero-order chi connectivity index (χ0) is 20.1. The number of aromatic hydroxyl groups is 1. The first-order valence-corrected chi connectivity index (χ1v) is 10.5. The number of hydrogen-bond acceptors (Lipinski definition) is 4. The molecular weight excluding hydrogens is 544 g/mol. The van der Waals surface area contributed by atoms with Gasteiger partial charge < -0.3 is 9.84 Å². The smallest absolute Gasteiger partial charge is 0.277 e. The van der Waals surface area contributed by atoms with Gasteiger partial charge in [-0.2, -0.15) is 5.10 Å². The molecule has 0 saturated heterocycles. The highest BCUT2D eigenvalue weighted by Crippen LogP contribution is 2.40. The number of carbonyl (C=O) groups is 1. The summed E-state index contributed by atoms with van der Waals surface area (Å²) in [5, 5.41) is 13.6. The lowest BCUT2D eigenvalue weighted by Gasteiger charge is -2.18. The summed E-state index contributed by atoms with van der Waals surface area (Å²) in [4.78, 5) is 12.1. The number of nitrogens with one attached hydrogen (secondary N) is 1. The Morgan fingerprint density at radius 2 is 2.00 bits per heavy atom. The lowest BCUT2D eigenvalue weighted by Crippen LogP contribution is -2.25. The number of ether oxygens (including phenoxy) is 1. The number of halogens is 3. The molecule has 27 heavy (non-hydrogen) atoms. The molecule has 0 aliphatic heterocycles. The molecule has 2 rings (SSSR count). The highest BCUT2D eigenvalue weighted by molar-refractivity contribution is 9.11. The monoisotopic (exact) mass is 560 g/mol. The van der Waals surface area contributed by atoms with E-state index in [-0.39, 0.29) is 18.3 Å². The van der Waals surface area contributed by atoms with E-state index in [0.717, 1.165) is 24.5 Å². The van der Waals surface area contributed by atoms with E-state index in [0.29, 0.717) is 11.3 Å². The van der Waals surface area contributed by atoms with Crippen molar-refractivity contribution in [2.75, 3.05) is 6.61 Å². The van der Waals surface area contributed by atoms with Crippen molar-refractivity contribution >= 4 is 59.9 Å². The van der Waals surface area contributed by atoms with Crippen LogP contribution in [-0.4, -0.2) is 23.8 Å². The van der Waals surface area contributed by atoms with Crippen LogP contribution in [0.2, 0.25) is 0 Å². The first kappa shape index (κ1) is 21.9. The van der Waals surface area contributed by atoms with Gasteiger partial charge in [-0.3, -0.25) is 4.79 Å². The number of benzene rings is 2. The predicted octanol–water partition coefficient (Wildman–Crippen LogP) is 5.64. The van der Waals surface area contributed by atoms with E-state index in [4.69, 9.17) is 4.74 Å². The Kier molecular flexibility index (Phi) is 7.88. The molecule has 0 atom stereocenters. The molecule has 8 heteroatoms. The van der Waals surface area contributed by atoms with Crippen LogP contribution in [0.1, 0.15) is 36.5 Å². The molecule has 0 unspecified atom stereocenters. The van der Waals surface area contributed by atoms with Crippen LogP contribution in [0.3, 0.4) is 0 Å². The van der Waals surface area contributed by atoms with E-state index in [2.05, 4.69) is 72.2 Å². The number of rotatable bonds is 6. The van der Waals surface area contributed by atoms with Crippen LogP contribution in [0.25, 0.3) is 0 Å². The van der Waals surface area contributed by atoms with Gasteiger partial charge in [0, 0.05) is 14.5 Å². The summed E-state index contributed by atoms with van der Waals surface area (Å²) in [6, 6.07) is 6.95. The van der Waals surface area contributed by atoms with Crippen LogP contribution < -0.4 is 10.2 Å². The third-order valence-corrected chi connectivity index (χ3v) is 6.06. The standard InChI is InChI=1S/C19H19Br3N2O3/c1-10(2)14-7-15(21)11(3)18(22)19(14)27-9-17(26)24-23-8-12-6-13(20)4-5-16(12)25/h4-8,10,25H,9H2,1-3H3,(H,24,26)/b23-8-. The molecule has 0 spiro atoms. The van der Waals surface area contributed by atoms with Crippen molar-refractivity contribution in [2.24, 2.45) is 5.10 Å². The lowest BCUT2D eigenvalue weighted by atomic mass is 10.0. The maximum atomic E-state index is 12.1. The normalized spacial score (nSPS) is 11.2. The van der Waals surface area contributed by atoms with Gasteiger partial charge in [0.25, 0.3) is 5.91 Å². The number of phenolic OH excluding ortho intramolecular Hbond substituents is 1. The van der Waals surface area contributed by atoms with Gasteiger partial charge >= 0.3 is 0 Å². The van der Waals surface area contributed by atoms with Crippen molar-refractivity contribution in [3.05, 3.63) is 54.4 Å². The Hall–Kier alpha value is -1.38. The number of hydrazone groups is 1. The van der Waals surface area contributed by atoms with Gasteiger partial charge in [0.1, 0.15) is 11.5 Å². The second kappa shape index (κ2) is 9.71. The summed E-state index contributed by atoms with van der Waals surface area (Å²) >= 11 is 10.4. The molecule has 2 N–H and O–H groups in total. The van der Waals surface area contributed by atoms with Gasteiger partial charge in [-0.05, 0) is 64.2 Å². The van der Waals surface area contributed by atoms with Crippen molar-refractivity contribution in [2.45, 2.75) is 26.7 Å². The van der Waals surface area contributed by atoms with E-state index in [1.54, 1.807) is 12.1 Å². The highest BCUT2D eigenvalue weighted by Gasteiger charge is 2.17. The fourth-order valence-electron chi connectivity index (χ4n) is 2.26. The van der Waals surface area contributed by atoms with Crippen molar-refractivity contribution in [3.8, 4) is 11.5 Å². The number of nitrogens with zero attached hydrogens (tertiary/aromatic N) is 1. The number of amides is 1. The Labute approximate surface area is 183 Å². The van der Waals surface area contributed by atoms with Crippen molar-refractivity contribution in [1.29, 1.82) is 0 Å². The molecule has 0 saturated carbocycles. The maximum Gasteiger partial charge on any atom is 0.277 e. The largest absolute Gasteiger partial charge is 0.507 e. The second-order valence-corrected chi connectivity index (χ2v) is 8.72. The minimum absolute atomic E-state index is 0.0725. The van der Waals surface area contributed by atoms with Crippen LogP contribution in [0.4, 0.5) is 0 Å². The van der Waals surface area contributed by atoms with Gasteiger partial charge in [-0.25, -0.2) is 5.43 Å². The average Bonchev–Trinajstić information content (AvgIpc) is 2.61. The molecule has 2 aromatic carbocycles. The van der Waals surface area contributed by atoms with Gasteiger partial charge in [-0.1, -0.05) is 45.7 Å². The number of hydrogen-bond donors (Lipinski definition) is 2. The SMILES string of the molecule is Cc1c(Br)cc(C(C)C)c(OCC(=O)N/N=C\c2cc(Br)ccc2O)c1Br. The molecule has 2 aromatic rings. The third-order valence-electron chi connectivity index (χ3n) is 3.78. The van der Waals surface area contributed by atoms with Crippen LogP contribution in [0, 0.1) is 6.92 Å². The first-order valence-electron chi connectivity index (χ1n) is 8.12.